The third kappa shape index (κ3) is 13.9. The summed E-state index contributed by atoms with van der Waals surface area (Å²) in [5.41, 5.74) is -5.62. The molecule has 0 fully saturated rings. The summed E-state index contributed by atoms with van der Waals surface area (Å²) in [6.07, 6.45) is 3.56. The Morgan fingerprint density at radius 1 is 0.593 bits per heavy atom. The van der Waals surface area contributed by atoms with Crippen LogP contribution >= 0.6 is 0 Å². The van der Waals surface area contributed by atoms with Gasteiger partial charge in [-0.05, 0) is 36.5 Å². The summed E-state index contributed by atoms with van der Waals surface area (Å²) in [5, 5.41) is 58.2. The van der Waals surface area contributed by atoms with Gasteiger partial charge in [0.1, 0.15) is 17.1 Å². The first-order valence-corrected chi connectivity index (χ1v) is 18.4. The fourth-order valence-corrected chi connectivity index (χ4v) is 6.25. The molecule has 0 aliphatic carbocycles. The molecule has 3 N–H and O–H groups in total. The number of pyridine rings is 3. The van der Waals surface area contributed by atoms with Crippen molar-refractivity contribution >= 4 is 17.7 Å². The summed E-state index contributed by atoms with van der Waals surface area (Å²) in [4.78, 5) is 87.7. The predicted octanol–water partition coefficient (Wildman–Crippen LogP) is -1.72. The molecular formula is C37H48GdN7O14-3. The van der Waals surface area contributed by atoms with Crippen molar-refractivity contribution in [2.75, 3.05) is 60.8 Å². The zero-order chi connectivity index (χ0) is 42.8. The second-order valence-electron chi connectivity index (χ2n) is 13.2. The van der Waals surface area contributed by atoms with Gasteiger partial charge in [0.15, 0.2) is 16.3 Å². The van der Waals surface area contributed by atoms with Crippen molar-refractivity contribution in [1.82, 2.24) is 29.7 Å². The molecule has 3 amide bonds. The molecular weight excluding hydrogens is 924 g/mol. The van der Waals surface area contributed by atoms with Crippen LogP contribution in [0, 0.1) is 50.1 Å². The third-order valence-electron chi connectivity index (χ3n) is 9.35. The molecule has 3 heterocycles. The van der Waals surface area contributed by atoms with Gasteiger partial charge >= 0.3 is 0 Å². The Morgan fingerprint density at radius 3 is 1.10 bits per heavy atom. The zero-order valence-corrected chi connectivity index (χ0v) is 35.2. The molecule has 0 aliphatic heterocycles. The van der Waals surface area contributed by atoms with Gasteiger partial charge in [0, 0.05) is 162 Å². The monoisotopic (exact) mass is 972 g/mol. The van der Waals surface area contributed by atoms with Crippen LogP contribution in [0.1, 0.15) is 70.0 Å². The Hall–Kier alpha value is -4.74. The average Bonchev–Trinajstić information content (AvgIpc) is 3.20. The van der Waals surface area contributed by atoms with Crippen LogP contribution in [0.3, 0.4) is 0 Å². The normalized spacial score (nSPS) is 11.1. The Morgan fingerprint density at radius 2 is 0.864 bits per heavy atom. The maximum Gasteiger partial charge on any atom is 0.267 e. The molecule has 0 spiro atoms. The maximum atomic E-state index is 13.1. The Bertz CT molecular complexity index is 1860. The van der Waals surface area contributed by atoms with E-state index in [4.69, 9.17) is 14.2 Å². The number of methoxy groups -OCH3 is 3. The first-order chi connectivity index (χ1) is 27.7. The van der Waals surface area contributed by atoms with Gasteiger partial charge < -0.3 is 59.2 Å². The van der Waals surface area contributed by atoms with E-state index in [0.29, 0.717) is 0 Å². The van der Waals surface area contributed by atoms with E-state index in [1.807, 2.05) is 0 Å². The number of nitro groups is 1. The number of aromatic nitrogens is 3. The number of hydrogen-bond acceptors (Lipinski definition) is 14. The molecule has 0 radical (unpaired) electrons. The van der Waals surface area contributed by atoms with E-state index in [1.165, 1.54) is 53.6 Å². The number of nitrogens with zero attached hydrogens (tertiary/aromatic N) is 4. The van der Waals surface area contributed by atoms with E-state index < -0.39 is 78.8 Å². The number of rotatable bonds is 25. The fourth-order valence-electron chi connectivity index (χ4n) is 6.25. The number of nitrogens with one attached hydrogen (secondary N) is 3. The van der Waals surface area contributed by atoms with Crippen LogP contribution < -0.4 is 47.6 Å². The summed E-state index contributed by atoms with van der Waals surface area (Å²) in [6, 6.07) is 3.10. The number of amides is 3. The molecule has 326 valence electrons. The number of carbonyl (C=O) groups is 3. The maximum absolute atomic E-state index is 13.1. The molecule has 3 aromatic rings. The number of carbonyl (C=O) groups excluding carboxylic acids is 3. The van der Waals surface area contributed by atoms with E-state index in [1.54, 1.807) is 0 Å². The van der Waals surface area contributed by atoms with Crippen molar-refractivity contribution < 1.29 is 88.8 Å². The van der Waals surface area contributed by atoms with Crippen LogP contribution in [0.2, 0.25) is 0 Å². The van der Waals surface area contributed by atoms with Gasteiger partial charge in [0.05, 0.1) is 19.8 Å². The van der Waals surface area contributed by atoms with Gasteiger partial charge in [-0.3, -0.25) is 38.9 Å². The van der Waals surface area contributed by atoms with E-state index >= 15 is 0 Å². The molecule has 0 bridgehead atoms. The third-order valence-corrected chi connectivity index (χ3v) is 9.35. The summed E-state index contributed by atoms with van der Waals surface area (Å²) in [7, 11) is 4.27. The van der Waals surface area contributed by atoms with Crippen molar-refractivity contribution in [2.24, 2.45) is 0 Å². The minimum Gasteiger partial charge on any atom is -0.868 e. The zero-order valence-electron chi connectivity index (χ0n) is 32.9. The molecule has 0 atom stereocenters. The van der Waals surface area contributed by atoms with Gasteiger partial charge in [-0.15, -0.1) is 0 Å². The molecule has 59 heavy (non-hydrogen) atoms. The van der Waals surface area contributed by atoms with Crippen molar-refractivity contribution in [3.05, 3.63) is 94.7 Å². The van der Waals surface area contributed by atoms with Crippen LogP contribution in [-0.4, -0.2) is 103 Å². The molecule has 22 heteroatoms. The van der Waals surface area contributed by atoms with Gasteiger partial charge in [0.25, 0.3) is 17.7 Å². The molecule has 0 aliphatic rings. The topological polar surface area (TPSA) is 293 Å². The first-order valence-electron chi connectivity index (χ1n) is 18.4. The van der Waals surface area contributed by atoms with Crippen molar-refractivity contribution in [2.45, 2.75) is 63.7 Å². The van der Waals surface area contributed by atoms with Crippen LogP contribution in [0.4, 0.5) is 0 Å². The van der Waals surface area contributed by atoms with E-state index in [2.05, 4.69) is 16.0 Å². The minimum atomic E-state index is -1.69. The summed E-state index contributed by atoms with van der Waals surface area (Å²) in [6.45, 7) is 0.332. The van der Waals surface area contributed by atoms with E-state index in [-0.39, 0.29) is 138 Å². The molecule has 3 rings (SSSR count). The Balaban J connectivity index is 0.0000120. The van der Waals surface area contributed by atoms with Crippen LogP contribution in [0.5, 0.6) is 17.2 Å². The molecule has 3 aromatic heterocycles. The van der Waals surface area contributed by atoms with Gasteiger partial charge in [-0.1, -0.05) is 0 Å². The van der Waals surface area contributed by atoms with E-state index in [0.717, 1.165) is 18.2 Å². The van der Waals surface area contributed by atoms with Crippen LogP contribution in [0.15, 0.2) is 51.2 Å². The molecule has 21 nitrogen and oxygen atoms in total. The smallest absolute Gasteiger partial charge is 0.267 e. The van der Waals surface area contributed by atoms with Gasteiger partial charge in [-0.25, -0.2) is 0 Å². The predicted molar refractivity (Wildman–Crippen MR) is 200 cm³/mol. The van der Waals surface area contributed by atoms with Gasteiger partial charge in [0.2, 0.25) is 5.54 Å². The largest absolute Gasteiger partial charge is 0.868 e. The van der Waals surface area contributed by atoms with Gasteiger partial charge in [-0.2, -0.15) is 0 Å². The standard InChI is InChI=1S/C37H51N7O14.Gd/c1-56-22-19-41-16-7-25(45)31(48)28(41)34(51)38-13-4-10-37(44(54)55,11-5-14-39-35(52)29-32(49)26(46)8-17-42(29)20-23-57-2)12-6-15-40-36(53)30-33(50)27(47)9-18-43(30)21-24-58-3;/h7-9,16-18,48-50H,4-6,10-15,19-24H2,1-3H3,(H,38,51)(H,39,52)(H,40,53);/p-3. The molecule has 0 saturated heterocycles. The summed E-state index contributed by atoms with van der Waals surface area (Å²) < 4.78 is 18.9. The summed E-state index contributed by atoms with van der Waals surface area (Å²) >= 11 is 0. The SMILES string of the molecule is COCCn1ccc(=O)c([O-])c1C(=O)NCCCC(CCCNC(=O)c1c([O-])c(=O)ccn1CCOC)(CCCNC(=O)c1c([O-])c(=O)ccn1CCOC)[N+](=O)[O-].[Gd]. The van der Waals surface area contributed by atoms with Crippen molar-refractivity contribution in [3.63, 3.8) is 0 Å². The van der Waals surface area contributed by atoms with Crippen molar-refractivity contribution in [3.8, 4) is 17.2 Å². The number of hydrogen-bond donors (Lipinski definition) is 3. The van der Waals surface area contributed by atoms with Crippen LogP contribution in [-0.2, 0) is 33.8 Å². The average molecular weight is 972 g/mol. The second kappa shape index (κ2) is 25.0. The minimum absolute atomic E-state index is 0. The summed E-state index contributed by atoms with van der Waals surface area (Å²) in [5.74, 6) is -5.65. The van der Waals surface area contributed by atoms with Crippen molar-refractivity contribution in [1.29, 1.82) is 0 Å². The fraction of sp³-hybridized carbons (Fsp3) is 0.514. The quantitative estimate of drug-likeness (QED) is 0.0484. The van der Waals surface area contributed by atoms with E-state index in [9.17, 15) is 54.2 Å². The van der Waals surface area contributed by atoms with Crippen LogP contribution in [0.25, 0.3) is 0 Å². The molecule has 0 unspecified atom stereocenters. The first kappa shape index (κ1) is 50.4. The number of ether oxygens (including phenoxy) is 3. The molecule has 0 saturated carbocycles. The second-order valence-corrected chi connectivity index (χ2v) is 13.2. The molecule has 0 aromatic carbocycles. The Labute approximate surface area is 370 Å². The Kier molecular flexibility index (Phi) is 21.4.